The van der Waals surface area contributed by atoms with E-state index in [1.54, 1.807) is 0 Å². The van der Waals surface area contributed by atoms with Crippen LogP contribution < -0.4 is 5.32 Å². The van der Waals surface area contributed by atoms with Crippen molar-refractivity contribution in [3.8, 4) is 0 Å². The monoisotopic (exact) mass is 205 g/mol. The Morgan fingerprint density at radius 1 is 1.20 bits per heavy atom. The standard InChI is InChI=1S/C14H23N/c1-11-6-7-12(2)13(10-11)14(3,4)8-9-15-5/h6-7,10,15H,8-9H2,1-5H3. The van der Waals surface area contributed by atoms with Crippen LogP contribution in [0, 0.1) is 13.8 Å². The van der Waals surface area contributed by atoms with Crippen molar-refractivity contribution in [1.29, 1.82) is 0 Å². The highest BCUT2D eigenvalue weighted by molar-refractivity contribution is 5.35. The van der Waals surface area contributed by atoms with Crippen molar-refractivity contribution in [2.45, 2.75) is 39.5 Å². The predicted molar refractivity (Wildman–Crippen MR) is 67.5 cm³/mol. The van der Waals surface area contributed by atoms with Gasteiger partial charge in [0, 0.05) is 0 Å². The summed E-state index contributed by atoms with van der Waals surface area (Å²) in [6.07, 6.45) is 1.17. The minimum Gasteiger partial charge on any atom is -0.320 e. The number of aryl methyl sites for hydroxylation is 2. The second-order valence-electron chi connectivity index (χ2n) is 5.06. The van der Waals surface area contributed by atoms with Crippen LogP contribution in [-0.2, 0) is 5.41 Å². The fourth-order valence-electron chi connectivity index (χ4n) is 2.04. The molecule has 0 amide bonds. The molecule has 0 heterocycles. The molecule has 0 atom stereocenters. The molecule has 0 spiro atoms. The predicted octanol–water partition coefficient (Wildman–Crippen LogP) is 3.19. The fourth-order valence-corrected chi connectivity index (χ4v) is 2.04. The summed E-state index contributed by atoms with van der Waals surface area (Å²) in [7, 11) is 2.01. The van der Waals surface area contributed by atoms with E-state index in [1.807, 2.05) is 7.05 Å². The zero-order valence-electron chi connectivity index (χ0n) is 10.6. The minimum atomic E-state index is 0.263. The maximum absolute atomic E-state index is 3.23. The summed E-state index contributed by atoms with van der Waals surface area (Å²) < 4.78 is 0. The summed E-state index contributed by atoms with van der Waals surface area (Å²) in [6, 6.07) is 6.74. The number of rotatable bonds is 4. The maximum Gasteiger partial charge on any atom is -0.00436 e. The second-order valence-corrected chi connectivity index (χ2v) is 5.06. The van der Waals surface area contributed by atoms with Crippen molar-refractivity contribution < 1.29 is 0 Å². The van der Waals surface area contributed by atoms with Gasteiger partial charge in [0.15, 0.2) is 0 Å². The summed E-state index contributed by atoms with van der Waals surface area (Å²) in [4.78, 5) is 0. The average molecular weight is 205 g/mol. The van der Waals surface area contributed by atoms with Crippen LogP contribution in [0.2, 0.25) is 0 Å². The largest absolute Gasteiger partial charge is 0.320 e. The topological polar surface area (TPSA) is 12.0 Å². The van der Waals surface area contributed by atoms with Gasteiger partial charge in [-0.05, 0) is 50.4 Å². The molecule has 0 aromatic heterocycles. The van der Waals surface area contributed by atoms with Crippen LogP contribution in [0.5, 0.6) is 0 Å². The van der Waals surface area contributed by atoms with Crippen molar-refractivity contribution in [1.82, 2.24) is 5.32 Å². The molecule has 1 N–H and O–H groups in total. The van der Waals surface area contributed by atoms with Gasteiger partial charge in [-0.15, -0.1) is 0 Å². The van der Waals surface area contributed by atoms with Gasteiger partial charge in [0.1, 0.15) is 0 Å². The van der Waals surface area contributed by atoms with Crippen molar-refractivity contribution in [2.75, 3.05) is 13.6 Å². The van der Waals surface area contributed by atoms with Crippen molar-refractivity contribution in [3.05, 3.63) is 34.9 Å². The van der Waals surface area contributed by atoms with E-state index in [-0.39, 0.29) is 5.41 Å². The van der Waals surface area contributed by atoms with Crippen molar-refractivity contribution >= 4 is 0 Å². The quantitative estimate of drug-likeness (QED) is 0.796. The van der Waals surface area contributed by atoms with E-state index >= 15 is 0 Å². The molecular formula is C14H23N. The summed E-state index contributed by atoms with van der Waals surface area (Å²) in [5, 5.41) is 3.23. The highest BCUT2D eigenvalue weighted by Crippen LogP contribution is 2.29. The first-order valence-electron chi connectivity index (χ1n) is 5.70. The lowest BCUT2D eigenvalue weighted by Gasteiger charge is -2.27. The van der Waals surface area contributed by atoms with E-state index in [4.69, 9.17) is 0 Å². The molecule has 84 valence electrons. The lowest BCUT2D eigenvalue weighted by Crippen LogP contribution is -2.24. The van der Waals surface area contributed by atoms with Gasteiger partial charge in [-0.25, -0.2) is 0 Å². The Kier molecular flexibility index (Phi) is 3.92. The van der Waals surface area contributed by atoms with E-state index in [0.717, 1.165) is 6.54 Å². The van der Waals surface area contributed by atoms with Crippen molar-refractivity contribution in [3.63, 3.8) is 0 Å². The minimum absolute atomic E-state index is 0.263. The molecule has 0 bridgehead atoms. The van der Waals surface area contributed by atoms with Gasteiger partial charge in [0.05, 0.1) is 0 Å². The number of hydrogen-bond acceptors (Lipinski definition) is 1. The molecule has 1 aromatic carbocycles. The number of nitrogens with one attached hydrogen (secondary N) is 1. The third-order valence-corrected chi connectivity index (χ3v) is 3.12. The van der Waals surface area contributed by atoms with Crippen LogP contribution in [0.25, 0.3) is 0 Å². The fraction of sp³-hybridized carbons (Fsp3) is 0.571. The molecule has 0 saturated heterocycles. The van der Waals surface area contributed by atoms with Crippen LogP contribution >= 0.6 is 0 Å². The van der Waals surface area contributed by atoms with E-state index in [0.29, 0.717) is 0 Å². The molecule has 0 aliphatic rings. The zero-order chi connectivity index (χ0) is 11.5. The molecule has 1 nitrogen and oxygen atoms in total. The van der Waals surface area contributed by atoms with E-state index in [1.165, 1.54) is 23.1 Å². The Morgan fingerprint density at radius 3 is 2.47 bits per heavy atom. The van der Waals surface area contributed by atoms with Gasteiger partial charge in [-0.1, -0.05) is 37.6 Å². The zero-order valence-corrected chi connectivity index (χ0v) is 10.6. The van der Waals surface area contributed by atoms with E-state index < -0.39 is 0 Å². The lowest BCUT2D eigenvalue weighted by atomic mass is 9.79. The normalized spacial score (nSPS) is 11.8. The molecular weight excluding hydrogens is 182 g/mol. The molecule has 15 heavy (non-hydrogen) atoms. The summed E-state index contributed by atoms with van der Waals surface area (Å²) in [5.74, 6) is 0. The smallest absolute Gasteiger partial charge is 0.00436 e. The van der Waals surface area contributed by atoms with Gasteiger partial charge >= 0.3 is 0 Å². The van der Waals surface area contributed by atoms with Crippen LogP contribution in [-0.4, -0.2) is 13.6 Å². The molecule has 0 saturated carbocycles. The van der Waals surface area contributed by atoms with Crippen molar-refractivity contribution in [2.24, 2.45) is 0 Å². The molecule has 1 heteroatoms. The van der Waals surface area contributed by atoms with E-state index in [2.05, 4.69) is 51.2 Å². The van der Waals surface area contributed by atoms with Crippen LogP contribution in [0.15, 0.2) is 18.2 Å². The van der Waals surface area contributed by atoms with Gasteiger partial charge in [0.25, 0.3) is 0 Å². The Morgan fingerprint density at radius 2 is 1.87 bits per heavy atom. The first kappa shape index (κ1) is 12.3. The second kappa shape index (κ2) is 4.80. The molecule has 1 rings (SSSR count). The molecule has 0 aliphatic heterocycles. The Hall–Kier alpha value is -0.820. The SMILES string of the molecule is CNCCC(C)(C)c1cc(C)ccc1C. The molecule has 0 radical (unpaired) electrons. The van der Waals surface area contributed by atoms with Crippen LogP contribution in [0.4, 0.5) is 0 Å². The third kappa shape index (κ3) is 3.07. The third-order valence-electron chi connectivity index (χ3n) is 3.12. The number of hydrogen-bond donors (Lipinski definition) is 1. The van der Waals surface area contributed by atoms with Gasteiger partial charge in [0.2, 0.25) is 0 Å². The maximum atomic E-state index is 3.23. The van der Waals surface area contributed by atoms with Gasteiger partial charge < -0.3 is 5.32 Å². The lowest BCUT2D eigenvalue weighted by molar-refractivity contribution is 0.466. The van der Waals surface area contributed by atoms with Crippen LogP contribution in [0.3, 0.4) is 0 Å². The molecule has 1 aromatic rings. The Bertz CT molecular complexity index is 326. The highest BCUT2D eigenvalue weighted by Gasteiger charge is 2.21. The average Bonchev–Trinajstić information content (AvgIpc) is 2.18. The molecule has 0 unspecified atom stereocenters. The highest BCUT2D eigenvalue weighted by atomic mass is 14.8. The summed E-state index contributed by atoms with van der Waals surface area (Å²) in [6.45, 7) is 10.1. The van der Waals surface area contributed by atoms with E-state index in [9.17, 15) is 0 Å². The van der Waals surface area contributed by atoms with Crippen LogP contribution in [0.1, 0.15) is 37.0 Å². The summed E-state index contributed by atoms with van der Waals surface area (Å²) in [5.41, 5.74) is 4.51. The van der Waals surface area contributed by atoms with Gasteiger partial charge in [-0.2, -0.15) is 0 Å². The Labute approximate surface area is 93.9 Å². The van der Waals surface area contributed by atoms with Gasteiger partial charge in [-0.3, -0.25) is 0 Å². The Balaban J connectivity index is 2.97. The summed E-state index contributed by atoms with van der Waals surface area (Å²) >= 11 is 0. The molecule has 0 fully saturated rings. The first-order chi connectivity index (χ1) is 6.97. The molecule has 0 aliphatic carbocycles. The first-order valence-corrected chi connectivity index (χ1v) is 5.70. The number of benzene rings is 1.